The van der Waals surface area contributed by atoms with Crippen LogP contribution in [0.2, 0.25) is 0 Å². The van der Waals surface area contributed by atoms with Crippen LogP contribution >= 0.6 is 25.3 Å². The summed E-state index contributed by atoms with van der Waals surface area (Å²) in [5.41, 5.74) is 12.7. The van der Waals surface area contributed by atoms with Crippen LogP contribution in [-0.2, 0) is 36.8 Å². The van der Waals surface area contributed by atoms with Gasteiger partial charge in [0.1, 0.15) is 23.9 Å². The van der Waals surface area contributed by atoms with Crippen LogP contribution in [0.25, 0.3) is 0 Å². The fourth-order valence-corrected chi connectivity index (χ4v) is 4.05. The quantitative estimate of drug-likeness (QED) is 0.111. The van der Waals surface area contributed by atoms with Crippen molar-refractivity contribution in [2.45, 2.75) is 37.0 Å². The number of phenols is 1. The molecule has 0 aliphatic carbocycles. The number of nitrogens with two attached hydrogens (primary N) is 2. The van der Waals surface area contributed by atoms with Gasteiger partial charge in [0.15, 0.2) is 0 Å². The van der Waals surface area contributed by atoms with E-state index in [0.717, 1.165) is 11.1 Å². The Labute approximate surface area is 242 Å². The molecule has 0 aromatic heterocycles. The first-order valence-electron chi connectivity index (χ1n) is 12.3. The second-order valence-electron chi connectivity index (χ2n) is 8.89. The van der Waals surface area contributed by atoms with E-state index < -0.39 is 60.2 Å². The van der Waals surface area contributed by atoms with Crippen molar-refractivity contribution in [2.75, 3.05) is 18.1 Å². The zero-order chi connectivity index (χ0) is 29.7. The maximum atomic E-state index is 12.8. The second kappa shape index (κ2) is 16.4. The zero-order valence-corrected chi connectivity index (χ0v) is 23.4. The molecule has 0 unspecified atom stereocenters. The van der Waals surface area contributed by atoms with E-state index in [1.165, 1.54) is 12.1 Å². The fourth-order valence-electron chi connectivity index (χ4n) is 3.53. The fraction of sp³-hybridized carbons (Fsp3) is 0.346. The van der Waals surface area contributed by atoms with E-state index in [1.54, 1.807) is 42.5 Å². The van der Waals surface area contributed by atoms with Crippen molar-refractivity contribution in [3.8, 4) is 5.75 Å². The monoisotopic (exact) mass is 590 g/mol. The number of carbonyl (C=O) groups is 5. The van der Waals surface area contributed by atoms with Gasteiger partial charge in [0.05, 0.1) is 12.6 Å². The molecule has 12 nitrogen and oxygen atoms in total. The maximum Gasteiger partial charge on any atom is 0.243 e. The summed E-state index contributed by atoms with van der Waals surface area (Å²) in [6.45, 7) is -0.497. The first-order chi connectivity index (χ1) is 19.0. The summed E-state index contributed by atoms with van der Waals surface area (Å²) in [6, 6.07) is 10.9. The van der Waals surface area contributed by atoms with Gasteiger partial charge in [-0.2, -0.15) is 25.3 Å². The third kappa shape index (κ3) is 10.8. The largest absolute Gasteiger partial charge is 0.508 e. The van der Waals surface area contributed by atoms with Crippen molar-refractivity contribution in [3.63, 3.8) is 0 Å². The van der Waals surface area contributed by atoms with Crippen LogP contribution in [0.1, 0.15) is 11.1 Å². The standard InChI is InChI=1S/C26H34N6O6S2/c27-18(10-16-6-8-17(33)9-7-16)24(36)32-21(14-40)25(37)29-12-22(34)30-19(11-15-4-2-1-3-5-15)26(38)31-20(13-39)23(28)35/h1-9,18-21,33,39-40H,10-14,27H2,(H2,28,35)(H,29,37)(H,30,34)(H,31,38)(H,32,36)/t18-,19-,20-,21-/m0/s1. The van der Waals surface area contributed by atoms with Crippen LogP contribution in [0.15, 0.2) is 54.6 Å². The minimum Gasteiger partial charge on any atom is -0.508 e. The first-order valence-corrected chi connectivity index (χ1v) is 13.6. The molecule has 4 atom stereocenters. The van der Waals surface area contributed by atoms with E-state index in [1.807, 2.05) is 0 Å². The average Bonchev–Trinajstić information content (AvgIpc) is 2.94. The van der Waals surface area contributed by atoms with Gasteiger partial charge in [0, 0.05) is 17.9 Å². The Balaban J connectivity index is 1.95. The van der Waals surface area contributed by atoms with E-state index in [4.69, 9.17) is 11.5 Å². The molecule has 0 spiro atoms. The third-order valence-corrected chi connectivity index (χ3v) is 6.47. The molecule has 0 bridgehead atoms. The highest BCUT2D eigenvalue weighted by Crippen LogP contribution is 2.11. The van der Waals surface area contributed by atoms with Gasteiger partial charge >= 0.3 is 0 Å². The summed E-state index contributed by atoms with van der Waals surface area (Å²) < 4.78 is 0. The number of nitrogens with one attached hydrogen (secondary N) is 4. The van der Waals surface area contributed by atoms with Gasteiger partial charge in [0.2, 0.25) is 29.5 Å². The number of hydrogen-bond donors (Lipinski definition) is 9. The third-order valence-electron chi connectivity index (χ3n) is 5.74. The van der Waals surface area contributed by atoms with E-state index in [9.17, 15) is 29.1 Å². The van der Waals surface area contributed by atoms with Crippen molar-refractivity contribution >= 4 is 54.8 Å². The Hall–Kier alpha value is -3.75. The lowest BCUT2D eigenvalue weighted by Crippen LogP contribution is -2.56. The lowest BCUT2D eigenvalue weighted by molar-refractivity contribution is -0.132. The Morgan fingerprint density at radius 1 is 0.725 bits per heavy atom. The molecule has 0 saturated carbocycles. The maximum absolute atomic E-state index is 12.8. The molecule has 2 aromatic carbocycles. The number of phenolic OH excluding ortho intramolecular Hbond substituents is 1. The van der Waals surface area contributed by atoms with Crippen molar-refractivity contribution in [1.29, 1.82) is 0 Å². The average molecular weight is 591 g/mol. The minimum absolute atomic E-state index is 0.0292. The van der Waals surface area contributed by atoms with Crippen molar-refractivity contribution in [1.82, 2.24) is 21.3 Å². The van der Waals surface area contributed by atoms with Crippen molar-refractivity contribution in [3.05, 3.63) is 65.7 Å². The highest BCUT2D eigenvalue weighted by Gasteiger charge is 2.27. The molecule has 9 N–H and O–H groups in total. The van der Waals surface area contributed by atoms with Gasteiger partial charge in [-0.3, -0.25) is 24.0 Å². The van der Waals surface area contributed by atoms with Crippen LogP contribution in [0, 0.1) is 0 Å². The molecule has 5 amide bonds. The molecule has 2 rings (SSSR count). The summed E-state index contributed by atoms with van der Waals surface area (Å²) in [7, 11) is 0. The van der Waals surface area contributed by atoms with Crippen LogP contribution < -0.4 is 32.7 Å². The highest BCUT2D eigenvalue weighted by molar-refractivity contribution is 7.80. The Morgan fingerprint density at radius 2 is 1.30 bits per heavy atom. The molecule has 0 heterocycles. The lowest BCUT2D eigenvalue weighted by atomic mass is 10.0. The van der Waals surface area contributed by atoms with Gasteiger partial charge < -0.3 is 37.8 Å². The number of rotatable bonds is 15. The summed E-state index contributed by atoms with van der Waals surface area (Å²) in [4.78, 5) is 62.2. The molecule has 40 heavy (non-hydrogen) atoms. The molecule has 0 fully saturated rings. The molecule has 0 aliphatic heterocycles. The first kappa shape index (κ1) is 32.5. The minimum atomic E-state index is -1.08. The summed E-state index contributed by atoms with van der Waals surface area (Å²) in [6.07, 6.45) is 0.281. The predicted molar refractivity (Wildman–Crippen MR) is 156 cm³/mol. The number of aromatic hydroxyl groups is 1. The smallest absolute Gasteiger partial charge is 0.243 e. The van der Waals surface area contributed by atoms with Gasteiger partial charge in [0.25, 0.3) is 0 Å². The number of hydrogen-bond acceptors (Lipinski definition) is 9. The zero-order valence-electron chi connectivity index (χ0n) is 21.6. The topological polar surface area (TPSA) is 206 Å². The van der Waals surface area contributed by atoms with Gasteiger partial charge in [-0.15, -0.1) is 0 Å². The number of thiol groups is 2. The highest BCUT2D eigenvalue weighted by atomic mass is 32.1. The molecule has 0 radical (unpaired) electrons. The number of benzene rings is 2. The Kier molecular flexibility index (Phi) is 13.3. The summed E-state index contributed by atoms with van der Waals surface area (Å²) in [5.74, 6) is -3.40. The normalized spacial score (nSPS) is 13.7. The van der Waals surface area contributed by atoms with E-state index in [-0.39, 0.29) is 30.1 Å². The predicted octanol–water partition coefficient (Wildman–Crippen LogP) is -1.58. The van der Waals surface area contributed by atoms with Gasteiger partial charge in [-0.25, -0.2) is 0 Å². The molecule has 14 heteroatoms. The number of amides is 5. The van der Waals surface area contributed by atoms with E-state index in [0.29, 0.717) is 0 Å². The van der Waals surface area contributed by atoms with E-state index >= 15 is 0 Å². The van der Waals surface area contributed by atoms with Crippen LogP contribution in [0.5, 0.6) is 5.75 Å². The summed E-state index contributed by atoms with van der Waals surface area (Å²) in [5, 5.41) is 19.3. The van der Waals surface area contributed by atoms with Crippen molar-refractivity contribution in [2.24, 2.45) is 11.5 Å². The second-order valence-corrected chi connectivity index (χ2v) is 9.62. The van der Waals surface area contributed by atoms with Crippen LogP contribution in [0.3, 0.4) is 0 Å². The van der Waals surface area contributed by atoms with Crippen LogP contribution in [0.4, 0.5) is 0 Å². The number of carbonyl (C=O) groups excluding carboxylic acids is 5. The van der Waals surface area contributed by atoms with Gasteiger partial charge in [-0.1, -0.05) is 42.5 Å². The molecule has 0 saturated heterocycles. The molecule has 2 aromatic rings. The molecular weight excluding hydrogens is 556 g/mol. The lowest BCUT2D eigenvalue weighted by Gasteiger charge is -2.22. The Bertz CT molecular complexity index is 1170. The molecule has 0 aliphatic rings. The van der Waals surface area contributed by atoms with Crippen LogP contribution in [-0.4, -0.2) is 76.9 Å². The van der Waals surface area contributed by atoms with E-state index in [2.05, 4.69) is 46.5 Å². The summed E-state index contributed by atoms with van der Waals surface area (Å²) >= 11 is 8.12. The number of primary amides is 1. The van der Waals surface area contributed by atoms with Gasteiger partial charge in [-0.05, 0) is 29.7 Å². The molecular formula is C26H34N6O6S2. The van der Waals surface area contributed by atoms with Crippen molar-refractivity contribution < 1.29 is 29.1 Å². The SMILES string of the molecule is NC(=O)[C@H](CS)NC(=O)[C@H](Cc1ccccc1)NC(=O)CNC(=O)[C@H](CS)NC(=O)[C@@H](N)Cc1ccc(O)cc1. The Morgan fingerprint density at radius 3 is 1.88 bits per heavy atom. The molecule has 216 valence electrons.